The lowest BCUT2D eigenvalue weighted by Crippen LogP contribution is -2.25. The number of hydrazone groups is 1. The van der Waals surface area contributed by atoms with Crippen molar-refractivity contribution in [3.8, 4) is 5.75 Å². The second kappa shape index (κ2) is 8.72. The molecule has 0 atom stereocenters. The highest BCUT2D eigenvalue weighted by Gasteiger charge is 2.11. The van der Waals surface area contributed by atoms with Crippen LogP contribution in [-0.4, -0.2) is 23.1 Å². The van der Waals surface area contributed by atoms with Gasteiger partial charge >= 0.3 is 0 Å². The number of carbonyl (C=O) groups is 1. The van der Waals surface area contributed by atoms with Crippen LogP contribution < -0.4 is 10.2 Å². The van der Waals surface area contributed by atoms with Gasteiger partial charge in [-0.15, -0.1) is 0 Å². The summed E-state index contributed by atoms with van der Waals surface area (Å²) in [6, 6.07) is 11.5. The van der Waals surface area contributed by atoms with Crippen molar-refractivity contribution < 1.29 is 14.5 Å². The molecule has 0 radical (unpaired) electrons. The Morgan fingerprint density at radius 2 is 1.92 bits per heavy atom. The molecule has 2 aromatic carbocycles. The Labute approximate surface area is 160 Å². The minimum Gasteiger partial charge on any atom is -0.483 e. The monoisotopic (exact) mass is 469 g/mol. The molecular weight excluding hydrogens is 458 g/mol. The second-order valence-corrected chi connectivity index (χ2v) is 6.67. The zero-order chi connectivity index (χ0) is 18.4. The van der Waals surface area contributed by atoms with Crippen molar-refractivity contribution >= 4 is 49.2 Å². The molecule has 1 amide bonds. The molecule has 0 aliphatic heterocycles. The van der Waals surface area contributed by atoms with Crippen LogP contribution in [0.2, 0.25) is 0 Å². The van der Waals surface area contributed by atoms with Gasteiger partial charge in [-0.3, -0.25) is 14.9 Å². The van der Waals surface area contributed by atoms with Crippen LogP contribution in [0.1, 0.15) is 12.5 Å². The van der Waals surface area contributed by atoms with Crippen LogP contribution in [0.5, 0.6) is 5.75 Å². The fourth-order valence-corrected chi connectivity index (χ4v) is 2.54. The molecule has 1 N–H and O–H groups in total. The van der Waals surface area contributed by atoms with E-state index in [-0.39, 0.29) is 12.3 Å². The Bertz CT molecular complexity index is 823. The van der Waals surface area contributed by atoms with Crippen molar-refractivity contribution in [3.05, 3.63) is 67.1 Å². The van der Waals surface area contributed by atoms with E-state index in [1.54, 1.807) is 6.92 Å². The highest BCUT2D eigenvalue weighted by Crippen LogP contribution is 2.28. The van der Waals surface area contributed by atoms with Gasteiger partial charge in [0.15, 0.2) is 6.61 Å². The molecule has 0 saturated heterocycles. The minimum absolute atomic E-state index is 0.0709. The van der Waals surface area contributed by atoms with Gasteiger partial charge in [0, 0.05) is 16.6 Å². The summed E-state index contributed by atoms with van der Waals surface area (Å²) in [5, 5.41) is 14.7. The number of nitrogens with one attached hydrogen (secondary N) is 1. The fraction of sp³-hybridized carbons (Fsp3) is 0.125. The van der Waals surface area contributed by atoms with E-state index in [0.717, 1.165) is 10.0 Å². The molecular formula is C16H13Br2N3O4. The van der Waals surface area contributed by atoms with Crippen molar-refractivity contribution in [2.24, 2.45) is 5.10 Å². The number of carbonyl (C=O) groups excluding carboxylic acids is 1. The third kappa shape index (κ3) is 5.64. The number of hydrogen-bond donors (Lipinski definition) is 1. The molecule has 0 aliphatic carbocycles. The van der Waals surface area contributed by atoms with E-state index >= 15 is 0 Å². The number of rotatable bonds is 6. The van der Waals surface area contributed by atoms with Crippen molar-refractivity contribution in [3.63, 3.8) is 0 Å². The quantitative estimate of drug-likeness (QED) is 0.391. The summed E-state index contributed by atoms with van der Waals surface area (Å²) in [4.78, 5) is 22.0. The molecule has 0 aromatic heterocycles. The summed E-state index contributed by atoms with van der Waals surface area (Å²) in [6.07, 6.45) is 0. The number of amides is 1. The molecule has 0 bridgehead atoms. The van der Waals surface area contributed by atoms with Crippen LogP contribution in [0, 0.1) is 10.1 Å². The number of benzene rings is 2. The average Bonchev–Trinajstić information content (AvgIpc) is 2.59. The van der Waals surface area contributed by atoms with E-state index in [9.17, 15) is 14.9 Å². The molecule has 0 aliphatic rings. The lowest BCUT2D eigenvalue weighted by molar-refractivity contribution is -0.384. The molecule has 0 unspecified atom stereocenters. The minimum atomic E-state index is -0.513. The first-order valence-corrected chi connectivity index (χ1v) is 8.61. The Morgan fingerprint density at radius 1 is 1.24 bits per heavy atom. The van der Waals surface area contributed by atoms with Crippen molar-refractivity contribution in [2.45, 2.75) is 6.92 Å². The van der Waals surface area contributed by atoms with Crippen molar-refractivity contribution in [2.75, 3.05) is 6.61 Å². The lowest BCUT2D eigenvalue weighted by Gasteiger charge is -2.07. The maximum absolute atomic E-state index is 11.8. The first kappa shape index (κ1) is 19.1. The normalized spacial score (nSPS) is 11.1. The third-order valence-corrected chi connectivity index (χ3v) is 4.24. The van der Waals surface area contributed by atoms with E-state index in [4.69, 9.17) is 4.74 Å². The Kier molecular flexibility index (Phi) is 6.65. The molecule has 9 heteroatoms. The zero-order valence-corrected chi connectivity index (χ0v) is 16.2. The molecule has 7 nitrogen and oxygen atoms in total. The van der Waals surface area contributed by atoms with E-state index in [2.05, 4.69) is 42.4 Å². The fourth-order valence-electron chi connectivity index (χ4n) is 1.80. The number of nitrogens with zero attached hydrogens (tertiary/aromatic N) is 2. The average molecular weight is 471 g/mol. The highest BCUT2D eigenvalue weighted by atomic mass is 79.9. The maximum atomic E-state index is 11.8. The topological polar surface area (TPSA) is 93.8 Å². The summed E-state index contributed by atoms with van der Waals surface area (Å²) in [6.45, 7) is 1.50. The zero-order valence-electron chi connectivity index (χ0n) is 13.0. The Morgan fingerprint density at radius 3 is 2.52 bits per heavy atom. The molecule has 0 spiro atoms. The molecule has 25 heavy (non-hydrogen) atoms. The SMILES string of the molecule is CC(=NNC(=O)COc1ccc([N+](=O)[O-])cc1Br)c1ccc(Br)cc1. The number of non-ortho nitro benzene ring substituents is 1. The van der Waals surface area contributed by atoms with Gasteiger partial charge in [0.1, 0.15) is 5.75 Å². The highest BCUT2D eigenvalue weighted by molar-refractivity contribution is 9.10. The van der Waals surface area contributed by atoms with Crippen LogP contribution in [0.25, 0.3) is 0 Å². The van der Waals surface area contributed by atoms with Crippen LogP contribution in [-0.2, 0) is 4.79 Å². The Hall–Kier alpha value is -2.26. The molecule has 0 fully saturated rings. The summed E-state index contributed by atoms with van der Waals surface area (Å²) in [5.74, 6) is -0.115. The van der Waals surface area contributed by atoms with Gasteiger partial charge < -0.3 is 4.74 Å². The van der Waals surface area contributed by atoms with Gasteiger partial charge in [-0.05, 0) is 46.6 Å². The number of nitro benzene ring substituents is 1. The second-order valence-electron chi connectivity index (χ2n) is 4.90. The van der Waals surface area contributed by atoms with Gasteiger partial charge in [-0.2, -0.15) is 5.10 Å². The standard InChI is InChI=1S/C16H13Br2N3O4/c1-10(11-2-4-12(17)5-3-11)19-20-16(22)9-25-15-7-6-13(21(23)24)8-14(15)18/h2-8H,9H2,1H3,(H,20,22). The summed E-state index contributed by atoms with van der Waals surface area (Å²) < 4.78 is 6.68. The lowest BCUT2D eigenvalue weighted by atomic mass is 10.1. The van der Waals surface area contributed by atoms with Crippen molar-refractivity contribution in [1.82, 2.24) is 5.43 Å². The van der Waals surface area contributed by atoms with Crippen LogP contribution in [0.3, 0.4) is 0 Å². The smallest absolute Gasteiger partial charge is 0.277 e. The Balaban J connectivity index is 1.91. The van der Waals surface area contributed by atoms with E-state index in [0.29, 0.717) is 15.9 Å². The van der Waals surface area contributed by atoms with Gasteiger partial charge in [-0.25, -0.2) is 5.43 Å². The van der Waals surface area contributed by atoms with Crippen molar-refractivity contribution in [1.29, 1.82) is 0 Å². The first-order chi connectivity index (χ1) is 11.9. The van der Waals surface area contributed by atoms with Gasteiger partial charge in [0.2, 0.25) is 0 Å². The molecule has 2 aromatic rings. The van der Waals surface area contributed by atoms with E-state index in [1.807, 2.05) is 24.3 Å². The van der Waals surface area contributed by atoms with Gasteiger partial charge in [0.05, 0.1) is 15.1 Å². The first-order valence-electron chi connectivity index (χ1n) is 7.02. The van der Waals surface area contributed by atoms with Gasteiger partial charge in [-0.1, -0.05) is 28.1 Å². The largest absolute Gasteiger partial charge is 0.483 e. The van der Waals surface area contributed by atoms with Crippen LogP contribution in [0.4, 0.5) is 5.69 Å². The predicted octanol–water partition coefficient (Wildman–Crippen LogP) is 4.04. The number of nitro groups is 1. The summed E-state index contributed by atoms with van der Waals surface area (Å²) >= 11 is 6.52. The summed E-state index contributed by atoms with van der Waals surface area (Å²) in [7, 11) is 0. The van der Waals surface area contributed by atoms with E-state index in [1.165, 1.54) is 18.2 Å². The third-order valence-electron chi connectivity index (χ3n) is 3.10. The molecule has 0 heterocycles. The summed E-state index contributed by atoms with van der Waals surface area (Å²) in [5.41, 5.74) is 3.86. The maximum Gasteiger partial charge on any atom is 0.277 e. The molecule has 0 saturated carbocycles. The molecule has 2 rings (SSSR count). The number of halogens is 2. The van der Waals surface area contributed by atoms with Gasteiger partial charge in [0.25, 0.3) is 11.6 Å². The van der Waals surface area contributed by atoms with Crippen LogP contribution >= 0.6 is 31.9 Å². The number of ether oxygens (including phenoxy) is 1. The number of hydrogen-bond acceptors (Lipinski definition) is 5. The van der Waals surface area contributed by atoms with Crippen LogP contribution in [0.15, 0.2) is 56.5 Å². The predicted molar refractivity (Wildman–Crippen MR) is 101 cm³/mol. The van der Waals surface area contributed by atoms with E-state index < -0.39 is 10.8 Å². The molecule has 130 valence electrons.